The highest BCUT2D eigenvalue weighted by atomic mass is 19.1. The fourth-order valence-electron chi connectivity index (χ4n) is 3.84. The second kappa shape index (κ2) is 9.17. The van der Waals surface area contributed by atoms with Gasteiger partial charge in [-0.3, -0.25) is 19.5 Å². The fraction of sp³-hybridized carbons (Fsp3) is 0.429. The SMILES string of the molecule is O=C(CN1CCN(C(=O)c2cnccn2)CC1)N1CCN(c2ccc(F)cc2)CC1. The Hall–Kier alpha value is -3.07. The fourth-order valence-corrected chi connectivity index (χ4v) is 3.84. The molecule has 0 saturated carbocycles. The smallest absolute Gasteiger partial charge is 0.274 e. The van der Waals surface area contributed by atoms with Crippen LogP contribution in [-0.2, 0) is 4.79 Å². The zero-order valence-corrected chi connectivity index (χ0v) is 16.8. The first-order valence-electron chi connectivity index (χ1n) is 10.2. The third kappa shape index (κ3) is 4.73. The Bertz CT molecular complexity index is 863. The average molecular weight is 412 g/mol. The lowest BCUT2D eigenvalue weighted by Crippen LogP contribution is -2.54. The molecule has 0 unspecified atom stereocenters. The summed E-state index contributed by atoms with van der Waals surface area (Å²) >= 11 is 0. The summed E-state index contributed by atoms with van der Waals surface area (Å²) in [6.07, 6.45) is 4.53. The lowest BCUT2D eigenvalue weighted by atomic mass is 10.2. The lowest BCUT2D eigenvalue weighted by Gasteiger charge is -2.38. The quantitative estimate of drug-likeness (QED) is 0.737. The highest BCUT2D eigenvalue weighted by Gasteiger charge is 2.27. The zero-order valence-electron chi connectivity index (χ0n) is 16.8. The molecule has 8 nitrogen and oxygen atoms in total. The second-order valence-corrected chi connectivity index (χ2v) is 7.50. The van der Waals surface area contributed by atoms with E-state index < -0.39 is 0 Å². The molecular formula is C21H25FN6O2. The highest BCUT2D eigenvalue weighted by Crippen LogP contribution is 2.17. The van der Waals surface area contributed by atoms with E-state index in [0.29, 0.717) is 51.5 Å². The minimum atomic E-state index is -0.244. The van der Waals surface area contributed by atoms with E-state index in [1.807, 2.05) is 4.90 Å². The predicted molar refractivity (Wildman–Crippen MR) is 110 cm³/mol. The van der Waals surface area contributed by atoms with Crippen LogP contribution < -0.4 is 4.90 Å². The standard InChI is InChI=1S/C21H25FN6O2/c22-17-1-3-18(4-2-17)26-11-13-27(14-12-26)20(29)16-25-7-9-28(10-8-25)21(30)19-15-23-5-6-24-19/h1-6,15H,7-14,16H2. The largest absolute Gasteiger partial charge is 0.368 e. The molecule has 0 N–H and O–H groups in total. The first-order chi connectivity index (χ1) is 14.6. The van der Waals surface area contributed by atoms with E-state index in [0.717, 1.165) is 18.8 Å². The van der Waals surface area contributed by atoms with E-state index in [4.69, 9.17) is 0 Å². The Kier molecular flexibility index (Phi) is 6.18. The molecule has 2 amide bonds. The van der Waals surface area contributed by atoms with Gasteiger partial charge in [-0.1, -0.05) is 0 Å². The van der Waals surface area contributed by atoms with Crippen LogP contribution in [0.1, 0.15) is 10.5 Å². The molecule has 2 aliphatic heterocycles. The van der Waals surface area contributed by atoms with Gasteiger partial charge in [-0.2, -0.15) is 0 Å². The van der Waals surface area contributed by atoms with Gasteiger partial charge in [-0.05, 0) is 24.3 Å². The molecule has 0 atom stereocenters. The molecule has 0 bridgehead atoms. The average Bonchev–Trinajstić information content (AvgIpc) is 2.80. The van der Waals surface area contributed by atoms with Crippen molar-refractivity contribution >= 4 is 17.5 Å². The molecule has 0 aliphatic carbocycles. The van der Waals surface area contributed by atoms with Crippen LogP contribution in [-0.4, -0.2) is 95.4 Å². The Labute approximate surface area is 174 Å². The van der Waals surface area contributed by atoms with Gasteiger partial charge in [0.15, 0.2) is 0 Å². The van der Waals surface area contributed by atoms with Gasteiger partial charge in [0.05, 0.1) is 12.7 Å². The van der Waals surface area contributed by atoms with Crippen LogP contribution in [0, 0.1) is 5.82 Å². The number of aromatic nitrogens is 2. The molecule has 2 saturated heterocycles. The van der Waals surface area contributed by atoms with Crippen LogP contribution in [0.25, 0.3) is 0 Å². The van der Waals surface area contributed by atoms with Crippen LogP contribution in [0.4, 0.5) is 10.1 Å². The molecule has 9 heteroatoms. The first-order valence-corrected chi connectivity index (χ1v) is 10.2. The van der Waals surface area contributed by atoms with Crippen molar-refractivity contribution in [2.45, 2.75) is 0 Å². The number of halogens is 1. The Morgan fingerprint density at radius 3 is 2.17 bits per heavy atom. The van der Waals surface area contributed by atoms with E-state index in [1.165, 1.54) is 24.5 Å². The summed E-state index contributed by atoms with van der Waals surface area (Å²) in [5.41, 5.74) is 1.33. The number of amides is 2. The molecule has 30 heavy (non-hydrogen) atoms. The minimum absolute atomic E-state index is 0.113. The maximum absolute atomic E-state index is 13.1. The van der Waals surface area contributed by atoms with Crippen LogP contribution in [0.2, 0.25) is 0 Å². The number of anilines is 1. The van der Waals surface area contributed by atoms with Gasteiger partial charge in [-0.15, -0.1) is 0 Å². The number of hydrogen-bond donors (Lipinski definition) is 0. The monoisotopic (exact) mass is 412 g/mol. The molecule has 3 heterocycles. The molecule has 2 fully saturated rings. The summed E-state index contributed by atoms with van der Waals surface area (Å²) in [5, 5.41) is 0. The highest BCUT2D eigenvalue weighted by molar-refractivity contribution is 5.92. The van der Waals surface area contributed by atoms with Crippen molar-refractivity contribution in [2.24, 2.45) is 0 Å². The van der Waals surface area contributed by atoms with Crippen LogP contribution in [0.3, 0.4) is 0 Å². The normalized spacial score (nSPS) is 17.8. The topological polar surface area (TPSA) is 72.9 Å². The number of carbonyl (C=O) groups is 2. The van der Waals surface area contributed by atoms with Crippen molar-refractivity contribution in [3.63, 3.8) is 0 Å². The Morgan fingerprint density at radius 2 is 1.53 bits per heavy atom. The molecule has 2 aliphatic rings. The molecule has 158 valence electrons. The summed E-state index contributed by atoms with van der Waals surface area (Å²) in [6, 6.07) is 6.46. The van der Waals surface area contributed by atoms with Gasteiger partial charge in [0.25, 0.3) is 5.91 Å². The van der Waals surface area contributed by atoms with Gasteiger partial charge in [-0.25, -0.2) is 9.37 Å². The maximum Gasteiger partial charge on any atom is 0.274 e. The summed E-state index contributed by atoms with van der Waals surface area (Å²) in [6.45, 7) is 5.60. The molecule has 0 radical (unpaired) electrons. The molecule has 0 spiro atoms. The van der Waals surface area contributed by atoms with Gasteiger partial charge in [0, 0.05) is 70.4 Å². The number of rotatable bonds is 4. The number of hydrogen-bond acceptors (Lipinski definition) is 6. The summed E-state index contributed by atoms with van der Waals surface area (Å²) in [5.74, 6) is -0.250. The van der Waals surface area contributed by atoms with Crippen LogP contribution >= 0.6 is 0 Å². The third-order valence-electron chi connectivity index (χ3n) is 5.62. The van der Waals surface area contributed by atoms with Crippen LogP contribution in [0.15, 0.2) is 42.9 Å². The number of benzene rings is 1. The Balaban J connectivity index is 1.22. The zero-order chi connectivity index (χ0) is 20.9. The summed E-state index contributed by atoms with van der Waals surface area (Å²) in [7, 11) is 0. The van der Waals surface area contributed by atoms with Crippen molar-refractivity contribution in [1.82, 2.24) is 24.7 Å². The van der Waals surface area contributed by atoms with E-state index in [-0.39, 0.29) is 17.6 Å². The molecule has 4 rings (SSSR count). The van der Waals surface area contributed by atoms with Gasteiger partial charge in [0.2, 0.25) is 5.91 Å². The first kappa shape index (κ1) is 20.2. The van der Waals surface area contributed by atoms with Crippen molar-refractivity contribution in [2.75, 3.05) is 63.8 Å². The van der Waals surface area contributed by atoms with Gasteiger partial charge < -0.3 is 14.7 Å². The van der Waals surface area contributed by atoms with Crippen molar-refractivity contribution in [3.05, 3.63) is 54.4 Å². The lowest BCUT2D eigenvalue weighted by molar-refractivity contribution is -0.133. The predicted octanol–water partition coefficient (Wildman–Crippen LogP) is 0.722. The van der Waals surface area contributed by atoms with Crippen LogP contribution in [0.5, 0.6) is 0 Å². The maximum atomic E-state index is 13.1. The van der Waals surface area contributed by atoms with Gasteiger partial charge in [0.1, 0.15) is 11.5 Å². The van der Waals surface area contributed by atoms with Crippen molar-refractivity contribution < 1.29 is 14.0 Å². The van der Waals surface area contributed by atoms with Crippen molar-refractivity contribution in [1.29, 1.82) is 0 Å². The number of carbonyl (C=O) groups excluding carboxylic acids is 2. The Morgan fingerprint density at radius 1 is 0.867 bits per heavy atom. The molecular weight excluding hydrogens is 387 g/mol. The summed E-state index contributed by atoms with van der Waals surface area (Å²) in [4.78, 5) is 41.1. The number of nitrogens with zero attached hydrogens (tertiary/aromatic N) is 6. The second-order valence-electron chi connectivity index (χ2n) is 7.50. The molecule has 1 aromatic carbocycles. The minimum Gasteiger partial charge on any atom is -0.368 e. The molecule has 2 aromatic rings. The molecule has 1 aromatic heterocycles. The number of piperazine rings is 2. The van der Waals surface area contributed by atoms with E-state index >= 15 is 0 Å². The van der Waals surface area contributed by atoms with Crippen molar-refractivity contribution in [3.8, 4) is 0 Å². The summed E-state index contributed by atoms with van der Waals surface area (Å²) < 4.78 is 13.1. The van der Waals surface area contributed by atoms with Gasteiger partial charge >= 0.3 is 0 Å². The van der Waals surface area contributed by atoms with E-state index in [2.05, 4.69) is 19.8 Å². The van der Waals surface area contributed by atoms with E-state index in [9.17, 15) is 14.0 Å². The van der Waals surface area contributed by atoms with E-state index in [1.54, 1.807) is 23.2 Å². The third-order valence-corrected chi connectivity index (χ3v) is 5.62.